The average molecular weight is 433 g/mol. The molecule has 3 nitrogen and oxygen atoms in total. The molecule has 2 aromatic carbocycles. The van der Waals surface area contributed by atoms with E-state index in [1.165, 1.54) is 16.7 Å². The third-order valence-electron chi connectivity index (χ3n) is 5.87. The Morgan fingerprint density at radius 3 is 2.45 bits per heavy atom. The summed E-state index contributed by atoms with van der Waals surface area (Å²) in [6.07, 6.45) is 2.67. The Morgan fingerprint density at radius 1 is 1.10 bits per heavy atom. The summed E-state index contributed by atoms with van der Waals surface area (Å²) in [5.41, 5.74) is 4.88. The summed E-state index contributed by atoms with van der Waals surface area (Å²) in [5, 5.41) is 4.48. The number of benzene rings is 2. The van der Waals surface area contributed by atoms with Crippen LogP contribution >= 0.6 is 23.2 Å². The van der Waals surface area contributed by atoms with Crippen LogP contribution in [0.4, 0.5) is 0 Å². The predicted octanol–water partition coefficient (Wildman–Crippen LogP) is 6.09. The van der Waals surface area contributed by atoms with Gasteiger partial charge in [0.05, 0.1) is 16.1 Å². The highest BCUT2D eigenvalue weighted by atomic mass is 35.5. The monoisotopic (exact) mass is 432 g/mol. The summed E-state index contributed by atoms with van der Waals surface area (Å²) in [5.74, 6) is 0.269. The number of carbonyl (C=O) groups excluding carboxylic acids is 1. The molecule has 1 saturated heterocycles. The van der Waals surface area contributed by atoms with Crippen LogP contribution in [-0.4, -0.2) is 23.9 Å². The Hall–Kier alpha value is -1.55. The van der Waals surface area contributed by atoms with Crippen molar-refractivity contribution in [2.24, 2.45) is 5.92 Å². The minimum atomic E-state index is 0.0809. The van der Waals surface area contributed by atoms with E-state index in [4.69, 9.17) is 23.2 Å². The quantitative estimate of drug-likeness (QED) is 0.598. The van der Waals surface area contributed by atoms with E-state index in [1.807, 2.05) is 18.2 Å². The molecule has 0 spiro atoms. The fourth-order valence-electron chi connectivity index (χ4n) is 4.16. The Kier molecular flexibility index (Phi) is 7.61. The Balaban J connectivity index is 1.54. The number of likely N-dealkylation sites (tertiary alicyclic amines) is 1. The van der Waals surface area contributed by atoms with Gasteiger partial charge < -0.3 is 5.32 Å². The fourth-order valence-corrected chi connectivity index (χ4v) is 4.48. The number of halogens is 2. The second-order valence-corrected chi connectivity index (χ2v) is 8.94. The average Bonchev–Trinajstić information content (AvgIpc) is 2.70. The lowest BCUT2D eigenvalue weighted by atomic mass is 9.93. The number of nitrogens with one attached hydrogen (secondary N) is 1. The molecule has 156 valence electrons. The second-order valence-electron chi connectivity index (χ2n) is 8.13. The van der Waals surface area contributed by atoms with Crippen molar-refractivity contribution in [2.75, 3.05) is 13.1 Å². The van der Waals surface area contributed by atoms with Crippen LogP contribution in [0.3, 0.4) is 0 Å². The van der Waals surface area contributed by atoms with Crippen LogP contribution in [0.1, 0.15) is 54.5 Å². The van der Waals surface area contributed by atoms with Gasteiger partial charge in [-0.25, -0.2) is 0 Å². The first-order valence-corrected chi connectivity index (χ1v) is 11.2. The number of amides is 1. The summed E-state index contributed by atoms with van der Waals surface area (Å²) >= 11 is 12.1. The number of rotatable bonds is 6. The highest BCUT2D eigenvalue weighted by molar-refractivity contribution is 6.42. The number of hydrogen-bond acceptors (Lipinski definition) is 2. The van der Waals surface area contributed by atoms with Crippen molar-refractivity contribution >= 4 is 29.1 Å². The topological polar surface area (TPSA) is 32.3 Å². The molecule has 2 aromatic rings. The Labute approximate surface area is 184 Å². The molecule has 1 aliphatic heterocycles. The predicted molar refractivity (Wildman–Crippen MR) is 122 cm³/mol. The van der Waals surface area contributed by atoms with Crippen LogP contribution in [0, 0.1) is 19.8 Å². The van der Waals surface area contributed by atoms with Crippen LogP contribution in [-0.2, 0) is 11.3 Å². The first-order valence-electron chi connectivity index (χ1n) is 10.4. The number of piperidine rings is 1. The number of hydrogen-bond donors (Lipinski definition) is 1. The molecule has 5 heteroatoms. The van der Waals surface area contributed by atoms with Gasteiger partial charge in [0.1, 0.15) is 0 Å². The zero-order valence-corrected chi connectivity index (χ0v) is 19.0. The number of aryl methyl sites for hydroxylation is 2. The van der Waals surface area contributed by atoms with Crippen molar-refractivity contribution in [1.82, 2.24) is 10.2 Å². The standard InChI is InChI=1S/C24H30Cl2N2O/c1-4-23(20-7-5-16(2)13-17(20)3)27-24(29)19-9-11-28(12-10-19)15-18-6-8-21(25)22(26)14-18/h5-8,13-14,19,23H,4,9-12,15H2,1-3H3,(H,27,29)/t23-/m0/s1. The largest absolute Gasteiger partial charge is 0.349 e. The van der Waals surface area contributed by atoms with Gasteiger partial charge in [-0.1, -0.05) is 60.0 Å². The van der Waals surface area contributed by atoms with Crippen molar-refractivity contribution in [3.8, 4) is 0 Å². The molecule has 1 aliphatic rings. The molecule has 1 atom stereocenters. The van der Waals surface area contributed by atoms with E-state index < -0.39 is 0 Å². The maximum atomic E-state index is 12.9. The van der Waals surface area contributed by atoms with Crippen LogP contribution in [0.25, 0.3) is 0 Å². The molecule has 0 radical (unpaired) electrons. The van der Waals surface area contributed by atoms with Crippen LogP contribution < -0.4 is 5.32 Å². The Bertz CT molecular complexity index is 860. The van der Waals surface area contributed by atoms with Crippen molar-refractivity contribution in [2.45, 2.75) is 52.6 Å². The highest BCUT2D eigenvalue weighted by Gasteiger charge is 2.27. The summed E-state index contributed by atoms with van der Waals surface area (Å²) < 4.78 is 0. The second kappa shape index (κ2) is 9.97. The number of nitrogens with zero attached hydrogens (tertiary/aromatic N) is 1. The molecule has 0 saturated carbocycles. The molecule has 1 heterocycles. The van der Waals surface area contributed by atoms with E-state index in [2.05, 4.69) is 49.2 Å². The van der Waals surface area contributed by atoms with Gasteiger partial charge >= 0.3 is 0 Å². The van der Waals surface area contributed by atoms with E-state index in [0.29, 0.717) is 10.0 Å². The summed E-state index contributed by atoms with van der Waals surface area (Å²) in [7, 11) is 0. The SMILES string of the molecule is CC[C@H](NC(=O)C1CCN(Cc2ccc(Cl)c(Cl)c2)CC1)c1ccc(C)cc1C. The third kappa shape index (κ3) is 5.75. The maximum absolute atomic E-state index is 12.9. The molecule has 1 fully saturated rings. The highest BCUT2D eigenvalue weighted by Crippen LogP contribution is 2.26. The van der Waals surface area contributed by atoms with E-state index in [9.17, 15) is 4.79 Å². The number of carbonyl (C=O) groups is 1. The molecule has 1 N–H and O–H groups in total. The van der Waals surface area contributed by atoms with E-state index >= 15 is 0 Å². The summed E-state index contributed by atoms with van der Waals surface area (Å²) in [6.45, 7) is 9.02. The first kappa shape index (κ1) is 22.1. The van der Waals surface area contributed by atoms with Crippen molar-refractivity contribution in [3.63, 3.8) is 0 Å². The van der Waals surface area contributed by atoms with Gasteiger partial charge in [0.2, 0.25) is 5.91 Å². The van der Waals surface area contributed by atoms with Crippen molar-refractivity contribution in [1.29, 1.82) is 0 Å². The molecule has 0 aliphatic carbocycles. The lowest BCUT2D eigenvalue weighted by Gasteiger charge is -2.32. The maximum Gasteiger partial charge on any atom is 0.223 e. The van der Waals surface area contributed by atoms with Crippen molar-refractivity contribution in [3.05, 3.63) is 68.7 Å². The van der Waals surface area contributed by atoms with E-state index in [0.717, 1.165) is 44.5 Å². The smallest absolute Gasteiger partial charge is 0.223 e. The molecular formula is C24H30Cl2N2O. The molecule has 0 aromatic heterocycles. The summed E-state index contributed by atoms with van der Waals surface area (Å²) in [6, 6.07) is 12.3. The van der Waals surface area contributed by atoms with Crippen LogP contribution in [0.2, 0.25) is 10.0 Å². The minimum absolute atomic E-state index is 0.0809. The Morgan fingerprint density at radius 2 is 1.83 bits per heavy atom. The van der Waals surface area contributed by atoms with Gasteiger partial charge in [-0.3, -0.25) is 9.69 Å². The first-order chi connectivity index (χ1) is 13.9. The fraction of sp³-hybridized carbons (Fsp3) is 0.458. The van der Waals surface area contributed by atoms with Gasteiger partial charge in [0.15, 0.2) is 0 Å². The summed E-state index contributed by atoms with van der Waals surface area (Å²) in [4.78, 5) is 15.3. The molecule has 1 amide bonds. The van der Waals surface area contributed by atoms with Gasteiger partial charge in [-0.2, -0.15) is 0 Å². The van der Waals surface area contributed by atoms with E-state index in [-0.39, 0.29) is 17.9 Å². The third-order valence-corrected chi connectivity index (χ3v) is 6.61. The zero-order chi connectivity index (χ0) is 21.0. The van der Waals surface area contributed by atoms with Crippen LogP contribution in [0.5, 0.6) is 0 Å². The molecule has 3 rings (SSSR count). The minimum Gasteiger partial charge on any atom is -0.349 e. The van der Waals surface area contributed by atoms with Gasteiger partial charge in [-0.05, 0) is 75.0 Å². The zero-order valence-electron chi connectivity index (χ0n) is 17.5. The van der Waals surface area contributed by atoms with Gasteiger partial charge in [0.25, 0.3) is 0 Å². The van der Waals surface area contributed by atoms with Gasteiger partial charge in [0, 0.05) is 12.5 Å². The van der Waals surface area contributed by atoms with Crippen LogP contribution in [0.15, 0.2) is 36.4 Å². The molecular weight excluding hydrogens is 403 g/mol. The van der Waals surface area contributed by atoms with Gasteiger partial charge in [-0.15, -0.1) is 0 Å². The molecule has 0 unspecified atom stereocenters. The molecule has 29 heavy (non-hydrogen) atoms. The molecule has 0 bridgehead atoms. The normalized spacial score (nSPS) is 16.6. The van der Waals surface area contributed by atoms with E-state index in [1.54, 1.807) is 0 Å². The lowest BCUT2D eigenvalue weighted by molar-refractivity contribution is -0.127. The lowest BCUT2D eigenvalue weighted by Crippen LogP contribution is -2.41. The van der Waals surface area contributed by atoms with Crippen molar-refractivity contribution < 1.29 is 4.79 Å².